The van der Waals surface area contributed by atoms with E-state index in [9.17, 15) is 0 Å². The first-order chi connectivity index (χ1) is 34.9. The van der Waals surface area contributed by atoms with E-state index < -0.39 is 0 Å². The Balaban J connectivity index is 1.27. The van der Waals surface area contributed by atoms with Gasteiger partial charge in [-0.1, -0.05) is 188 Å². The van der Waals surface area contributed by atoms with Crippen LogP contribution in [0, 0.1) is 5.92 Å². The fourth-order valence-corrected chi connectivity index (χ4v) is 14.7. The molecule has 1 saturated carbocycles. The van der Waals surface area contributed by atoms with E-state index >= 15 is 0 Å². The number of fused-ring (bicyclic) bond motifs is 8. The second kappa shape index (κ2) is 16.5. The Morgan fingerprint density at radius 3 is 1.84 bits per heavy atom. The van der Waals surface area contributed by atoms with Crippen molar-refractivity contribution in [2.75, 3.05) is 14.7 Å². The quantitative estimate of drug-likeness (QED) is 0.159. The monoisotopic (exact) mass is 974 g/mol. The predicted molar refractivity (Wildman–Crippen MR) is 320 cm³/mol. The number of rotatable bonds is 5. The Bertz CT molecular complexity index is 3390. The lowest BCUT2D eigenvalue weighted by Gasteiger charge is -2.48. The van der Waals surface area contributed by atoms with Crippen molar-refractivity contribution in [1.29, 1.82) is 0 Å². The highest BCUT2D eigenvalue weighted by molar-refractivity contribution is 7.00. The number of benzene rings is 7. The standard InChI is InChI=1S/C70H80BN3/c1-44(2)51-33-36-68(12,13)55-43-57-61(42-53(51)55)73(58-32-30-47(66(6,7)8)38-52(58)45-23-17-16-18-24-45)63-41-50(74-59-28-20-19-27-54(59)69(14)34-22-35-70(69,74)15)40-62-64(63)71(57)56-31-29-48(67(9,10)11)39-60(56)72(62)49-26-21-25-46(37-49)65(3,4)5/h16-21,23-32,37-44,51H,22,33-36H2,1-15H3. The third-order valence-electron chi connectivity index (χ3n) is 19.3. The molecule has 4 heteroatoms. The Morgan fingerprint density at radius 2 is 1.14 bits per heavy atom. The summed E-state index contributed by atoms with van der Waals surface area (Å²) < 4.78 is 0. The molecule has 3 aliphatic heterocycles. The van der Waals surface area contributed by atoms with E-state index in [1.54, 1.807) is 0 Å². The van der Waals surface area contributed by atoms with Gasteiger partial charge in [0.05, 0.1) is 11.2 Å². The molecule has 3 nitrogen and oxygen atoms in total. The van der Waals surface area contributed by atoms with Crippen molar-refractivity contribution in [2.45, 2.75) is 174 Å². The Kier molecular flexibility index (Phi) is 10.9. The van der Waals surface area contributed by atoms with Crippen molar-refractivity contribution in [3.63, 3.8) is 0 Å². The van der Waals surface area contributed by atoms with Crippen molar-refractivity contribution >= 4 is 68.6 Å². The average molecular weight is 974 g/mol. The molecule has 3 atom stereocenters. The van der Waals surface area contributed by atoms with Gasteiger partial charge in [-0.05, 0) is 176 Å². The number of anilines is 8. The van der Waals surface area contributed by atoms with Crippen LogP contribution < -0.4 is 31.1 Å². The molecule has 5 aliphatic rings. The van der Waals surface area contributed by atoms with Crippen molar-refractivity contribution in [3.8, 4) is 11.1 Å². The second-order valence-corrected chi connectivity index (χ2v) is 27.8. The zero-order chi connectivity index (χ0) is 52.2. The fourth-order valence-electron chi connectivity index (χ4n) is 14.7. The molecule has 378 valence electrons. The molecular weight excluding hydrogens is 894 g/mol. The summed E-state index contributed by atoms with van der Waals surface area (Å²) >= 11 is 0. The van der Waals surface area contributed by atoms with E-state index in [-0.39, 0.29) is 39.3 Å². The minimum Gasteiger partial charge on any atom is -0.334 e. The van der Waals surface area contributed by atoms with Gasteiger partial charge >= 0.3 is 0 Å². The van der Waals surface area contributed by atoms with Crippen molar-refractivity contribution < 1.29 is 0 Å². The Hall–Kier alpha value is -6.00. The average Bonchev–Trinajstić information content (AvgIpc) is 3.81. The molecule has 0 N–H and O–H groups in total. The first-order valence-electron chi connectivity index (χ1n) is 28.2. The highest BCUT2D eigenvalue weighted by atomic mass is 15.3. The van der Waals surface area contributed by atoms with Crippen LogP contribution in [0.5, 0.6) is 0 Å². The normalized spacial score (nSPS) is 21.5. The first kappa shape index (κ1) is 48.9. The van der Waals surface area contributed by atoms with Crippen LogP contribution in [0.2, 0.25) is 0 Å². The Labute approximate surface area is 445 Å². The minimum absolute atomic E-state index is 0.000820. The summed E-state index contributed by atoms with van der Waals surface area (Å²) in [5.74, 6) is 1.00. The van der Waals surface area contributed by atoms with Gasteiger partial charge in [-0.3, -0.25) is 0 Å². The lowest BCUT2D eigenvalue weighted by molar-refractivity contribution is 0.330. The topological polar surface area (TPSA) is 9.72 Å². The second-order valence-electron chi connectivity index (χ2n) is 27.8. The first-order valence-corrected chi connectivity index (χ1v) is 28.2. The summed E-state index contributed by atoms with van der Waals surface area (Å²) in [4.78, 5) is 8.27. The van der Waals surface area contributed by atoms with E-state index in [2.05, 4.69) is 258 Å². The van der Waals surface area contributed by atoms with Gasteiger partial charge in [0.1, 0.15) is 0 Å². The highest BCUT2D eigenvalue weighted by Crippen LogP contribution is 2.63. The van der Waals surface area contributed by atoms with Crippen LogP contribution in [0.15, 0.2) is 140 Å². The molecule has 74 heavy (non-hydrogen) atoms. The van der Waals surface area contributed by atoms with Gasteiger partial charge in [0, 0.05) is 50.8 Å². The maximum atomic E-state index is 2.81. The van der Waals surface area contributed by atoms with Gasteiger partial charge in [-0.15, -0.1) is 0 Å². The van der Waals surface area contributed by atoms with Crippen LogP contribution in [0.4, 0.5) is 45.5 Å². The van der Waals surface area contributed by atoms with Crippen molar-refractivity contribution in [2.24, 2.45) is 5.92 Å². The van der Waals surface area contributed by atoms with Gasteiger partial charge in [0.15, 0.2) is 0 Å². The summed E-state index contributed by atoms with van der Waals surface area (Å²) in [6.07, 6.45) is 5.92. The molecule has 3 unspecified atom stereocenters. The maximum Gasteiger partial charge on any atom is 0.252 e. The minimum atomic E-state index is -0.115. The smallest absolute Gasteiger partial charge is 0.252 e. The fraction of sp³-hybridized carbons (Fsp3) is 0.400. The van der Waals surface area contributed by atoms with E-state index in [0.717, 1.165) is 6.42 Å². The Morgan fingerprint density at radius 1 is 0.500 bits per heavy atom. The molecule has 0 amide bonds. The van der Waals surface area contributed by atoms with Crippen molar-refractivity contribution in [3.05, 3.63) is 173 Å². The third kappa shape index (κ3) is 7.26. The largest absolute Gasteiger partial charge is 0.334 e. The van der Waals surface area contributed by atoms with Gasteiger partial charge in [0.25, 0.3) is 6.71 Å². The van der Waals surface area contributed by atoms with Crippen LogP contribution in [-0.2, 0) is 27.1 Å². The maximum absolute atomic E-state index is 2.81. The lowest BCUT2D eigenvalue weighted by Crippen LogP contribution is -2.62. The summed E-state index contributed by atoms with van der Waals surface area (Å²) in [7, 11) is 0. The SMILES string of the molecule is CC(C)C1CCC(C)(C)c2cc3c(cc21)N(c1ccc(C(C)(C)C)cc1-c1ccccc1)c1cc(N2c4ccccc4C4(C)CCCC24C)cc2c1B3c1ccc(C(C)(C)C)cc1N2c1cccc(C(C)(C)C)c1. The zero-order valence-corrected chi connectivity index (χ0v) is 47.4. The molecule has 0 aromatic heterocycles. The van der Waals surface area contributed by atoms with Crippen LogP contribution in [0.3, 0.4) is 0 Å². The summed E-state index contributed by atoms with van der Waals surface area (Å²) in [5, 5.41) is 0. The molecular formula is C70H80BN3. The number of nitrogens with zero attached hydrogens (tertiary/aromatic N) is 3. The van der Waals surface area contributed by atoms with E-state index in [0.29, 0.717) is 11.8 Å². The molecule has 1 fully saturated rings. The molecule has 2 aliphatic carbocycles. The van der Waals surface area contributed by atoms with Gasteiger partial charge in [0.2, 0.25) is 0 Å². The van der Waals surface area contributed by atoms with Gasteiger partial charge in [-0.2, -0.15) is 0 Å². The number of para-hydroxylation sites is 1. The molecule has 12 rings (SSSR count). The summed E-state index contributed by atoms with van der Waals surface area (Å²) in [5.41, 5.74) is 25.3. The molecule has 7 aromatic carbocycles. The number of hydrogen-bond donors (Lipinski definition) is 0. The van der Waals surface area contributed by atoms with Crippen LogP contribution in [-0.4, -0.2) is 12.3 Å². The molecule has 3 heterocycles. The van der Waals surface area contributed by atoms with E-state index in [4.69, 9.17) is 0 Å². The summed E-state index contributed by atoms with van der Waals surface area (Å²) in [6.45, 7) is 36.3. The number of hydrogen-bond acceptors (Lipinski definition) is 3. The van der Waals surface area contributed by atoms with Crippen LogP contribution in [0.1, 0.15) is 175 Å². The molecule has 0 radical (unpaired) electrons. The van der Waals surface area contributed by atoms with Gasteiger partial charge < -0.3 is 14.7 Å². The predicted octanol–water partition coefficient (Wildman–Crippen LogP) is 17.5. The lowest BCUT2D eigenvalue weighted by atomic mass is 9.33. The molecule has 0 bridgehead atoms. The van der Waals surface area contributed by atoms with E-state index in [1.165, 1.54) is 132 Å². The highest BCUT2D eigenvalue weighted by Gasteiger charge is 2.60. The molecule has 7 aromatic rings. The molecule has 0 spiro atoms. The van der Waals surface area contributed by atoms with Gasteiger partial charge in [-0.25, -0.2) is 0 Å². The molecule has 0 saturated heterocycles. The van der Waals surface area contributed by atoms with Crippen LogP contribution >= 0.6 is 0 Å². The zero-order valence-electron chi connectivity index (χ0n) is 47.4. The third-order valence-corrected chi connectivity index (χ3v) is 19.3. The van der Waals surface area contributed by atoms with Crippen molar-refractivity contribution in [1.82, 2.24) is 0 Å². The van der Waals surface area contributed by atoms with Crippen LogP contribution in [0.25, 0.3) is 11.1 Å². The summed E-state index contributed by atoms with van der Waals surface area (Å²) in [6, 6.07) is 55.8. The van der Waals surface area contributed by atoms with E-state index in [1.807, 2.05) is 0 Å².